The fourth-order valence-corrected chi connectivity index (χ4v) is 3.74. The second kappa shape index (κ2) is 7.50. The molecule has 2 N–H and O–H groups in total. The predicted octanol–water partition coefficient (Wildman–Crippen LogP) is 3.94. The molecule has 3 aliphatic heterocycles. The summed E-state index contributed by atoms with van der Waals surface area (Å²) in [6.45, 7) is 2.21. The lowest BCUT2D eigenvalue weighted by Gasteiger charge is -2.34. The molecule has 132 valence electrons. The van der Waals surface area contributed by atoms with Gasteiger partial charge in [0.05, 0.1) is 11.9 Å². The normalized spacial score (nSPS) is 23.4. The number of rotatable bonds is 3. The van der Waals surface area contributed by atoms with Crippen LogP contribution in [0, 0.1) is 5.82 Å². The first-order valence-corrected chi connectivity index (χ1v) is 8.47. The van der Waals surface area contributed by atoms with Crippen molar-refractivity contribution in [1.29, 1.82) is 0 Å². The molecule has 6 heteroatoms. The Kier molecular flexibility index (Phi) is 5.35. The first-order chi connectivity index (χ1) is 11.7. The van der Waals surface area contributed by atoms with Gasteiger partial charge in [0.1, 0.15) is 17.3 Å². The van der Waals surface area contributed by atoms with Gasteiger partial charge in [-0.3, -0.25) is 4.98 Å². The van der Waals surface area contributed by atoms with E-state index < -0.39 is 0 Å². The van der Waals surface area contributed by atoms with Crippen molar-refractivity contribution >= 4 is 12.4 Å². The van der Waals surface area contributed by atoms with Gasteiger partial charge >= 0.3 is 0 Å². The number of piperidine rings is 1. The van der Waals surface area contributed by atoms with Crippen LogP contribution in [0.4, 0.5) is 4.39 Å². The number of H-pyrrole nitrogens is 1. The van der Waals surface area contributed by atoms with Gasteiger partial charge in [0.25, 0.3) is 0 Å². The lowest BCUT2D eigenvalue weighted by Crippen LogP contribution is -2.44. The summed E-state index contributed by atoms with van der Waals surface area (Å²) in [6, 6.07) is 9.59. The maximum Gasteiger partial charge on any atom is 0.123 e. The molecule has 0 amide bonds. The maximum atomic E-state index is 13.1. The van der Waals surface area contributed by atoms with Gasteiger partial charge in [-0.25, -0.2) is 9.37 Å². The van der Waals surface area contributed by atoms with Crippen molar-refractivity contribution in [2.75, 3.05) is 0 Å². The van der Waals surface area contributed by atoms with Crippen molar-refractivity contribution in [1.82, 2.24) is 20.3 Å². The van der Waals surface area contributed by atoms with E-state index in [1.54, 1.807) is 6.20 Å². The van der Waals surface area contributed by atoms with Crippen molar-refractivity contribution < 1.29 is 4.39 Å². The third-order valence-electron chi connectivity index (χ3n) is 4.83. The van der Waals surface area contributed by atoms with Gasteiger partial charge in [-0.2, -0.15) is 0 Å². The maximum absolute atomic E-state index is 13.1. The van der Waals surface area contributed by atoms with E-state index in [4.69, 9.17) is 0 Å². The number of hydrogen-bond acceptors (Lipinski definition) is 3. The first kappa shape index (κ1) is 17.8. The van der Waals surface area contributed by atoms with E-state index in [2.05, 4.69) is 27.2 Å². The van der Waals surface area contributed by atoms with Gasteiger partial charge in [-0.15, -0.1) is 12.4 Å². The molecular formula is C19H22ClFN4. The lowest BCUT2D eigenvalue weighted by atomic mass is 9.85. The van der Waals surface area contributed by atoms with E-state index in [-0.39, 0.29) is 18.2 Å². The van der Waals surface area contributed by atoms with Crippen LogP contribution in [0.15, 0.2) is 42.7 Å². The van der Waals surface area contributed by atoms with Crippen LogP contribution < -0.4 is 5.32 Å². The molecule has 3 atom stereocenters. The van der Waals surface area contributed by atoms with Gasteiger partial charge in [0.2, 0.25) is 0 Å². The molecule has 0 aliphatic carbocycles. The van der Waals surface area contributed by atoms with Crippen LogP contribution in [0.5, 0.6) is 0 Å². The van der Waals surface area contributed by atoms with E-state index in [1.165, 1.54) is 12.1 Å². The van der Waals surface area contributed by atoms with Crippen LogP contribution in [0.1, 0.15) is 37.1 Å². The Morgan fingerprint density at radius 1 is 1.12 bits per heavy atom. The third-order valence-corrected chi connectivity index (χ3v) is 4.83. The summed E-state index contributed by atoms with van der Waals surface area (Å²) in [6.07, 6.45) is 6.63. The number of nitrogens with zero attached hydrogens (tertiary/aromatic N) is 2. The molecule has 4 nitrogen and oxygen atoms in total. The zero-order valence-electron chi connectivity index (χ0n) is 14.1. The fourth-order valence-electron chi connectivity index (χ4n) is 3.74. The number of aromatic amines is 1. The average Bonchev–Trinajstić information content (AvgIpc) is 3.04. The highest BCUT2D eigenvalue weighted by atomic mass is 35.5. The summed E-state index contributed by atoms with van der Waals surface area (Å²) >= 11 is 0. The molecular weight excluding hydrogens is 339 g/mol. The van der Waals surface area contributed by atoms with Crippen molar-refractivity contribution in [3.05, 3.63) is 59.9 Å². The molecule has 3 unspecified atom stereocenters. The predicted molar refractivity (Wildman–Crippen MR) is 98.7 cm³/mol. The second-order valence-electron chi connectivity index (χ2n) is 6.78. The van der Waals surface area contributed by atoms with Crippen LogP contribution in [0.3, 0.4) is 0 Å². The smallest absolute Gasteiger partial charge is 0.123 e. The van der Waals surface area contributed by atoms with Gasteiger partial charge in [-0.1, -0.05) is 12.1 Å². The van der Waals surface area contributed by atoms with E-state index >= 15 is 0 Å². The van der Waals surface area contributed by atoms with Crippen LogP contribution in [0.25, 0.3) is 11.4 Å². The number of fused-ring (bicyclic) bond motifs is 1. The van der Waals surface area contributed by atoms with Crippen LogP contribution in [0.2, 0.25) is 0 Å². The monoisotopic (exact) mass is 360 g/mol. The number of nitrogens with one attached hydrogen (secondary N) is 2. The van der Waals surface area contributed by atoms with Crippen molar-refractivity contribution in [3.8, 4) is 11.4 Å². The Balaban J connectivity index is 0.00000182. The highest BCUT2D eigenvalue weighted by Gasteiger charge is 2.28. The minimum atomic E-state index is -0.183. The van der Waals surface area contributed by atoms with E-state index in [9.17, 15) is 4.39 Å². The van der Waals surface area contributed by atoms with Gasteiger partial charge in [0, 0.05) is 24.2 Å². The molecule has 0 saturated carbocycles. The fraction of sp³-hybridized carbons (Fsp3) is 0.368. The molecule has 25 heavy (non-hydrogen) atoms. The van der Waals surface area contributed by atoms with Crippen LogP contribution in [-0.4, -0.2) is 27.0 Å². The summed E-state index contributed by atoms with van der Waals surface area (Å²) in [4.78, 5) is 12.3. The first-order valence-electron chi connectivity index (χ1n) is 8.47. The molecule has 1 aromatic carbocycles. The molecule has 0 spiro atoms. The Labute approximate surface area is 153 Å². The van der Waals surface area contributed by atoms with Crippen molar-refractivity contribution in [3.63, 3.8) is 0 Å². The van der Waals surface area contributed by atoms with Crippen LogP contribution >= 0.6 is 12.4 Å². The largest absolute Gasteiger partial charge is 0.342 e. The van der Waals surface area contributed by atoms with E-state index in [0.29, 0.717) is 18.0 Å². The Hall–Kier alpha value is -1.98. The average molecular weight is 361 g/mol. The second-order valence-corrected chi connectivity index (χ2v) is 6.78. The summed E-state index contributed by atoms with van der Waals surface area (Å²) < 4.78 is 13.1. The molecule has 1 saturated heterocycles. The Morgan fingerprint density at radius 3 is 2.72 bits per heavy atom. The lowest BCUT2D eigenvalue weighted by molar-refractivity contribution is 0.294. The zero-order valence-corrected chi connectivity index (χ0v) is 14.9. The molecule has 1 aromatic rings. The third kappa shape index (κ3) is 3.99. The molecule has 0 radical (unpaired) electrons. The molecule has 3 aliphatic rings. The number of benzene rings is 1. The minimum Gasteiger partial charge on any atom is -0.342 e. The summed E-state index contributed by atoms with van der Waals surface area (Å²) in [5, 5.41) is 3.66. The van der Waals surface area contributed by atoms with Gasteiger partial charge < -0.3 is 10.3 Å². The summed E-state index contributed by atoms with van der Waals surface area (Å²) in [5.74, 6) is 1.25. The van der Waals surface area contributed by atoms with Crippen LogP contribution in [-0.2, 0) is 6.42 Å². The highest BCUT2D eigenvalue weighted by Crippen LogP contribution is 2.31. The topological polar surface area (TPSA) is 53.6 Å². The highest BCUT2D eigenvalue weighted by molar-refractivity contribution is 5.85. The molecule has 1 fully saturated rings. The molecule has 0 bridgehead atoms. The molecule has 4 rings (SSSR count). The van der Waals surface area contributed by atoms with E-state index in [1.807, 2.05) is 24.4 Å². The van der Waals surface area contributed by atoms with Crippen molar-refractivity contribution in [2.24, 2.45) is 0 Å². The number of aromatic nitrogens is 3. The van der Waals surface area contributed by atoms with Gasteiger partial charge in [-0.05, 0) is 49.9 Å². The molecule has 0 aromatic heterocycles. The summed E-state index contributed by atoms with van der Waals surface area (Å²) in [5.41, 5.74) is 3.11. The Morgan fingerprint density at radius 2 is 1.92 bits per heavy atom. The number of halogens is 2. The standard InChI is InChI=1S/C19H21FN4.ClH/c1-12-8-14(19-22-11-18-17(24-19)6-7-21-18)10-16(23-12)9-13-2-4-15(20)5-3-13;/h2-7,11-12,14,16,23H,8-10H2,1H3,(H,22,24);1H. The zero-order chi connectivity index (χ0) is 16.5. The van der Waals surface area contributed by atoms with Gasteiger partial charge in [0.15, 0.2) is 0 Å². The molecule has 3 heterocycles. The number of hydrogen-bond donors (Lipinski definition) is 2. The summed E-state index contributed by atoms with van der Waals surface area (Å²) in [7, 11) is 0. The minimum absolute atomic E-state index is 0. The van der Waals surface area contributed by atoms with E-state index in [0.717, 1.165) is 42.0 Å². The SMILES string of the molecule is CC1CC(c2ncc3nccc-3[nH]2)CC(Cc2ccc(F)cc2)N1.Cl. The Bertz CT molecular complexity index is 788. The van der Waals surface area contributed by atoms with Crippen molar-refractivity contribution in [2.45, 2.75) is 44.2 Å². The quantitative estimate of drug-likeness (QED) is 0.744.